The molecule has 1 aromatic heterocycles. The average molecular weight is 310 g/mol. The normalized spacial score (nSPS) is 17.5. The minimum absolute atomic E-state index is 0.0308. The van der Waals surface area contributed by atoms with Gasteiger partial charge in [-0.25, -0.2) is 0 Å². The lowest BCUT2D eigenvalue weighted by molar-refractivity contribution is 0.299. The van der Waals surface area contributed by atoms with E-state index in [9.17, 15) is 0 Å². The van der Waals surface area contributed by atoms with Gasteiger partial charge in [0.25, 0.3) is 0 Å². The van der Waals surface area contributed by atoms with Crippen molar-refractivity contribution in [2.45, 2.75) is 37.9 Å². The van der Waals surface area contributed by atoms with E-state index in [0.29, 0.717) is 11.7 Å². The van der Waals surface area contributed by atoms with Crippen LogP contribution in [0.1, 0.15) is 31.2 Å². The molecule has 1 N–H and O–H groups in total. The molecule has 3 nitrogen and oxygen atoms in total. The molecule has 20 heavy (non-hydrogen) atoms. The van der Waals surface area contributed by atoms with Crippen LogP contribution in [0.5, 0.6) is 0 Å². The van der Waals surface area contributed by atoms with Gasteiger partial charge in [-0.05, 0) is 30.5 Å². The summed E-state index contributed by atoms with van der Waals surface area (Å²) in [5.74, 6) is 0. The summed E-state index contributed by atoms with van der Waals surface area (Å²) in [6.07, 6.45) is 8.27. The van der Waals surface area contributed by atoms with Crippen molar-refractivity contribution in [2.75, 3.05) is 0 Å². The summed E-state index contributed by atoms with van der Waals surface area (Å²) in [6.45, 7) is 0.662. The third-order valence-corrected chi connectivity index (χ3v) is 4.48. The highest BCUT2D eigenvalue weighted by molar-refractivity contribution is 6.30. The third kappa shape index (κ3) is 2.85. The van der Waals surface area contributed by atoms with Gasteiger partial charge in [-0.1, -0.05) is 48.2 Å². The number of hydrogen-bond acceptors (Lipinski definition) is 2. The van der Waals surface area contributed by atoms with Gasteiger partial charge >= 0.3 is 0 Å². The molecule has 0 saturated heterocycles. The zero-order valence-corrected chi connectivity index (χ0v) is 12.7. The van der Waals surface area contributed by atoms with Gasteiger partial charge in [-0.15, -0.1) is 0 Å². The second-order valence-corrected chi connectivity index (χ2v) is 6.20. The quantitative estimate of drug-likeness (QED) is 0.917. The van der Waals surface area contributed by atoms with E-state index < -0.39 is 0 Å². The van der Waals surface area contributed by atoms with Crippen LogP contribution in [-0.2, 0) is 12.2 Å². The molecule has 2 aromatic rings. The molecule has 0 atom stereocenters. The van der Waals surface area contributed by atoms with Gasteiger partial charge in [0.05, 0.1) is 17.9 Å². The molecule has 0 radical (unpaired) electrons. The summed E-state index contributed by atoms with van der Waals surface area (Å²) in [5.41, 5.74) is 1.33. The molecule has 1 saturated carbocycles. The molecule has 0 unspecified atom stereocenters. The van der Waals surface area contributed by atoms with Crippen molar-refractivity contribution in [3.8, 4) is 0 Å². The second kappa shape index (κ2) is 5.76. The summed E-state index contributed by atoms with van der Waals surface area (Å²) in [4.78, 5) is 0. The maximum atomic E-state index is 5.99. The lowest BCUT2D eigenvalue weighted by Crippen LogP contribution is -2.40. The van der Waals surface area contributed by atoms with E-state index in [2.05, 4.69) is 22.5 Å². The third-order valence-electron chi connectivity index (χ3n) is 4.04. The van der Waals surface area contributed by atoms with Crippen molar-refractivity contribution in [3.63, 3.8) is 0 Å². The molecule has 1 aromatic carbocycles. The molecule has 106 valence electrons. The highest BCUT2D eigenvalue weighted by atomic mass is 35.5. The topological polar surface area (TPSA) is 29.9 Å². The summed E-state index contributed by atoms with van der Waals surface area (Å²) < 4.78 is 1.83. The van der Waals surface area contributed by atoms with Crippen LogP contribution in [0.15, 0.2) is 36.7 Å². The Morgan fingerprint density at radius 3 is 2.40 bits per heavy atom. The fourth-order valence-electron chi connectivity index (χ4n) is 2.97. The van der Waals surface area contributed by atoms with Gasteiger partial charge in [0, 0.05) is 16.8 Å². The van der Waals surface area contributed by atoms with Crippen molar-refractivity contribution >= 4 is 23.2 Å². The van der Waals surface area contributed by atoms with E-state index in [1.807, 2.05) is 23.0 Å². The predicted molar refractivity (Wildman–Crippen MR) is 82.0 cm³/mol. The molecule has 0 amide bonds. The average Bonchev–Trinajstić information content (AvgIpc) is 3.07. The van der Waals surface area contributed by atoms with E-state index in [1.165, 1.54) is 18.4 Å². The highest BCUT2D eigenvalue weighted by Crippen LogP contribution is 2.39. The van der Waals surface area contributed by atoms with Crippen molar-refractivity contribution in [2.24, 2.45) is 0 Å². The number of nitrogens with one attached hydrogen (secondary N) is 1. The fourth-order valence-corrected chi connectivity index (χ4v) is 3.25. The van der Waals surface area contributed by atoms with Crippen molar-refractivity contribution in [1.82, 2.24) is 15.1 Å². The largest absolute Gasteiger partial charge is 0.289 e. The Morgan fingerprint density at radius 1 is 1.10 bits per heavy atom. The smallest absolute Gasteiger partial charge is 0.0911 e. The monoisotopic (exact) mass is 309 g/mol. The fraction of sp³-hybridized carbons (Fsp3) is 0.400. The summed E-state index contributed by atoms with van der Waals surface area (Å²) >= 11 is 11.9. The summed E-state index contributed by atoms with van der Waals surface area (Å²) in [5, 5.41) is 9.32. The Hall–Kier alpha value is -1.03. The Labute approximate surface area is 128 Å². The predicted octanol–water partition coefficient (Wildman–Crippen LogP) is 4.21. The van der Waals surface area contributed by atoms with Crippen LogP contribution >= 0.6 is 23.2 Å². The highest BCUT2D eigenvalue weighted by Gasteiger charge is 2.35. The number of halogens is 2. The van der Waals surface area contributed by atoms with Crippen LogP contribution in [0.4, 0.5) is 0 Å². The van der Waals surface area contributed by atoms with E-state index in [-0.39, 0.29) is 5.54 Å². The molecular weight excluding hydrogens is 293 g/mol. The first-order chi connectivity index (χ1) is 9.68. The number of rotatable bonds is 4. The number of aromatic nitrogens is 2. The molecule has 0 spiro atoms. The summed E-state index contributed by atoms with van der Waals surface area (Å²) in [6, 6.07) is 8.17. The molecule has 1 heterocycles. The molecule has 1 aliphatic carbocycles. The van der Waals surface area contributed by atoms with Gasteiger partial charge in [-0.3, -0.25) is 10.00 Å². The van der Waals surface area contributed by atoms with Crippen LogP contribution in [0.25, 0.3) is 0 Å². The molecule has 5 heteroatoms. The van der Waals surface area contributed by atoms with Crippen molar-refractivity contribution in [1.29, 1.82) is 0 Å². The van der Waals surface area contributed by atoms with Gasteiger partial charge in [0.15, 0.2) is 0 Å². The zero-order valence-electron chi connectivity index (χ0n) is 11.1. The van der Waals surface area contributed by atoms with Gasteiger partial charge in [-0.2, -0.15) is 5.10 Å². The van der Waals surface area contributed by atoms with E-state index in [4.69, 9.17) is 23.2 Å². The van der Waals surface area contributed by atoms with Crippen LogP contribution in [0.3, 0.4) is 0 Å². The first kappa shape index (κ1) is 13.9. The maximum Gasteiger partial charge on any atom is 0.0911 e. The number of nitrogens with zero attached hydrogens (tertiary/aromatic N) is 2. The Bertz CT molecular complexity index is 571. The lowest BCUT2D eigenvalue weighted by atomic mass is 9.88. The van der Waals surface area contributed by atoms with Crippen LogP contribution in [0.2, 0.25) is 10.0 Å². The van der Waals surface area contributed by atoms with Crippen molar-refractivity contribution in [3.05, 3.63) is 52.3 Å². The van der Waals surface area contributed by atoms with E-state index >= 15 is 0 Å². The van der Waals surface area contributed by atoms with E-state index in [0.717, 1.165) is 17.9 Å². The van der Waals surface area contributed by atoms with Crippen LogP contribution in [-0.4, -0.2) is 9.78 Å². The minimum atomic E-state index is 0.0308. The van der Waals surface area contributed by atoms with E-state index in [1.54, 1.807) is 6.20 Å². The van der Waals surface area contributed by atoms with Gasteiger partial charge < -0.3 is 0 Å². The standard InChI is InChI=1S/C15H17Cl2N3/c16-13-5-3-12(4-6-13)15(7-1-2-8-15)18-11-20-10-14(17)9-19-20/h3-6,9-10,18H,1-2,7-8,11H2. The molecule has 0 bridgehead atoms. The Kier molecular flexibility index (Phi) is 4.01. The Morgan fingerprint density at radius 2 is 1.80 bits per heavy atom. The Balaban J connectivity index is 1.79. The SMILES string of the molecule is Clc1ccc(C2(NCn3cc(Cl)cn3)CCCC2)cc1. The molecular formula is C15H17Cl2N3. The summed E-state index contributed by atoms with van der Waals surface area (Å²) in [7, 11) is 0. The maximum absolute atomic E-state index is 5.99. The minimum Gasteiger partial charge on any atom is -0.289 e. The first-order valence-electron chi connectivity index (χ1n) is 6.87. The number of benzene rings is 1. The van der Waals surface area contributed by atoms with Gasteiger partial charge in [0.1, 0.15) is 0 Å². The number of hydrogen-bond donors (Lipinski definition) is 1. The first-order valence-corrected chi connectivity index (χ1v) is 7.63. The molecule has 1 aliphatic rings. The molecule has 3 rings (SSSR count). The molecule has 0 aliphatic heterocycles. The van der Waals surface area contributed by atoms with Crippen LogP contribution in [0, 0.1) is 0 Å². The second-order valence-electron chi connectivity index (χ2n) is 5.33. The molecule has 1 fully saturated rings. The van der Waals surface area contributed by atoms with Crippen molar-refractivity contribution < 1.29 is 0 Å². The lowest BCUT2D eigenvalue weighted by Gasteiger charge is -2.31. The van der Waals surface area contributed by atoms with Gasteiger partial charge in [0.2, 0.25) is 0 Å². The van der Waals surface area contributed by atoms with Crippen LogP contribution < -0.4 is 5.32 Å². The zero-order chi connectivity index (χ0) is 14.0.